The largest absolute Gasteiger partial charge is 0.481 e. The first-order chi connectivity index (χ1) is 27.0. The van der Waals surface area contributed by atoms with Crippen molar-refractivity contribution < 1.29 is 38.2 Å². The molecule has 7 aliphatic carbocycles. The molecule has 0 aromatic heterocycles. The van der Waals surface area contributed by atoms with Gasteiger partial charge in [0.15, 0.2) is 5.78 Å². The zero-order valence-electron chi connectivity index (χ0n) is 36.1. The minimum absolute atomic E-state index is 0.00906. The second-order valence-corrected chi connectivity index (χ2v) is 22.1. The Labute approximate surface area is 343 Å². The molecule has 58 heavy (non-hydrogen) atoms. The number of fused-ring (bicyclic) bond motifs is 7. The van der Waals surface area contributed by atoms with E-state index in [0.717, 1.165) is 56.1 Å². The number of amides is 2. The number of hydrogen-bond acceptors (Lipinski definition) is 6. The summed E-state index contributed by atoms with van der Waals surface area (Å²) in [5.41, 5.74) is -0.544. The second kappa shape index (κ2) is 13.2. The minimum atomic E-state index is -1.05. The molecular formula is C48H65FN2O7. The Morgan fingerprint density at radius 2 is 1.45 bits per heavy atom. The second-order valence-electron chi connectivity index (χ2n) is 22.1. The number of carbonyl (C=O) groups is 5. The summed E-state index contributed by atoms with van der Waals surface area (Å²) in [6.45, 7) is 20.0. The standard InChI is InChI=1S/C48H65FN2O7/c1-26(2)36-32(52)25-48(51-41(57)47(22-23-47)50-38(53)27-10-12-28(49)13-11-27)21-20-45(8)29(37(36)48)14-15-34-44(7)18-17-35(43(5,6)33(44)16-19-46(34,45)9)58-40(56)31-24-30(39(54)55)42(31,3)4/h10-13,26,29-31,33-35H,14-25H2,1-9H3,(H,50,53)(H,51,57)(H,54,55)/t29-,30+,31-,33?,34-,35+,44+,45-,46-,48-/m1/s1. The number of ketones is 1. The molecule has 0 radical (unpaired) electrons. The number of ether oxygens (including phenoxy) is 1. The van der Waals surface area contributed by atoms with Gasteiger partial charge in [0.05, 0.1) is 17.4 Å². The average molecular weight is 801 g/mol. The summed E-state index contributed by atoms with van der Waals surface area (Å²) in [4.78, 5) is 67.2. The molecule has 7 aliphatic rings. The summed E-state index contributed by atoms with van der Waals surface area (Å²) in [6.07, 6.45) is 8.62. The van der Waals surface area contributed by atoms with Gasteiger partial charge in [-0.3, -0.25) is 24.0 Å². The zero-order chi connectivity index (χ0) is 42.2. The van der Waals surface area contributed by atoms with Gasteiger partial charge in [0.1, 0.15) is 17.5 Å². The lowest BCUT2D eigenvalue weighted by Crippen LogP contribution is -2.68. The first-order valence-electron chi connectivity index (χ1n) is 22.1. The van der Waals surface area contributed by atoms with E-state index in [1.54, 1.807) is 0 Å². The number of nitrogens with one attached hydrogen (secondary N) is 2. The molecule has 3 N–H and O–H groups in total. The van der Waals surface area contributed by atoms with Gasteiger partial charge in [-0.25, -0.2) is 4.39 Å². The third-order valence-electron chi connectivity index (χ3n) is 18.5. The number of hydrogen-bond donors (Lipinski definition) is 3. The summed E-state index contributed by atoms with van der Waals surface area (Å²) < 4.78 is 20.0. The van der Waals surface area contributed by atoms with Crippen molar-refractivity contribution in [1.82, 2.24) is 10.6 Å². The van der Waals surface area contributed by atoms with Gasteiger partial charge in [-0.15, -0.1) is 0 Å². The van der Waals surface area contributed by atoms with Crippen molar-refractivity contribution in [3.05, 3.63) is 46.8 Å². The summed E-state index contributed by atoms with van der Waals surface area (Å²) in [5, 5.41) is 16.1. The van der Waals surface area contributed by atoms with E-state index in [2.05, 4.69) is 59.1 Å². The quantitative estimate of drug-likeness (QED) is 0.224. The third-order valence-corrected chi connectivity index (χ3v) is 18.5. The van der Waals surface area contributed by atoms with E-state index in [4.69, 9.17) is 4.74 Å². The number of benzene rings is 1. The highest BCUT2D eigenvalue weighted by atomic mass is 19.1. The number of halogens is 1. The van der Waals surface area contributed by atoms with Crippen LogP contribution in [0.15, 0.2) is 35.4 Å². The number of aliphatic carboxylic acids is 1. The van der Waals surface area contributed by atoms with Crippen LogP contribution >= 0.6 is 0 Å². The van der Waals surface area contributed by atoms with Crippen LogP contribution in [0, 0.1) is 68.4 Å². The van der Waals surface area contributed by atoms with Crippen LogP contribution in [-0.2, 0) is 23.9 Å². The molecule has 0 spiro atoms. The van der Waals surface area contributed by atoms with E-state index in [-0.39, 0.29) is 63.7 Å². The van der Waals surface area contributed by atoms with E-state index in [1.807, 2.05) is 13.8 Å². The molecule has 10 heteroatoms. The fraction of sp³-hybridized carbons (Fsp3) is 0.729. The molecule has 316 valence electrons. The lowest BCUT2D eigenvalue weighted by atomic mass is 9.33. The predicted molar refractivity (Wildman–Crippen MR) is 217 cm³/mol. The average Bonchev–Trinajstić information content (AvgIpc) is 3.85. The SMILES string of the molecule is CC(C)C1=C2[C@H]3CC[C@@H]4[C@@]5(C)CC[C@H](OC(=O)[C@H]6C[C@@H](C(=O)O)C6(C)C)C(C)(C)C5CC[C@@]4(C)[C@]3(C)CC[C@@]2(NC(=O)C2(NC(=O)c3ccc(F)cc3)CC2)CC1=O. The maximum atomic E-state index is 14.4. The number of carboxylic acid groups (broad SMARTS) is 1. The lowest BCUT2D eigenvalue weighted by Gasteiger charge is -2.72. The fourth-order valence-electron chi connectivity index (χ4n) is 14.7. The summed E-state index contributed by atoms with van der Waals surface area (Å²) in [7, 11) is 0. The van der Waals surface area contributed by atoms with E-state index in [0.29, 0.717) is 43.1 Å². The van der Waals surface area contributed by atoms with Gasteiger partial charge in [-0.05, 0) is 151 Å². The van der Waals surface area contributed by atoms with Crippen LogP contribution in [0.5, 0.6) is 0 Å². The highest BCUT2D eigenvalue weighted by Gasteiger charge is 2.71. The van der Waals surface area contributed by atoms with Gasteiger partial charge in [0.25, 0.3) is 5.91 Å². The fourth-order valence-corrected chi connectivity index (χ4v) is 14.7. The van der Waals surface area contributed by atoms with Crippen molar-refractivity contribution >= 4 is 29.5 Å². The number of carboxylic acids is 1. The molecule has 9 nitrogen and oxygen atoms in total. The Balaban J connectivity index is 1.04. The van der Waals surface area contributed by atoms with Crippen LogP contribution < -0.4 is 10.6 Å². The van der Waals surface area contributed by atoms with Gasteiger partial charge < -0.3 is 20.5 Å². The van der Waals surface area contributed by atoms with Gasteiger partial charge in [-0.1, -0.05) is 62.3 Å². The van der Waals surface area contributed by atoms with Crippen molar-refractivity contribution in [3.63, 3.8) is 0 Å². The van der Waals surface area contributed by atoms with Gasteiger partial charge >= 0.3 is 11.9 Å². The zero-order valence-corrected chi connectivity index (χ0v) is 36.1. The molecular weight excluding hydrogens is 736 g/mol. The van der Waals surface area contributed by atoms with Crippen molar-refractivity contribution in [2.24, 2.45) is 62.6 Å². The van der Waals surface area contributed by atoms with Crippen LogP contribution in [-0.4, -0.2) is 51.8 Å². The Kier molecular flexibility index (Phi) is 9.39. The predicted octanol–water partition coefficient (Wildman–Crippen LogP) is 8.60. The topological polar surface area (TPSA) is 139 Å². The van der Waals surface area contributed by atoms with Crippen molar-refractivity contribution in [2.45, 2.75) is 157 Å². The molecule has 6 saturated carbocycles. The van der Waals surface area contributed by atoms with Crippen LogP contribution in [0.3, 0.4) is 0 Å². The van der Waals surface area contributed by atoms with Gasteiger partial charge in [0.2, 0.25) is 5.91 Å². The Morgan fingerprint density at radius 1 is 0.776 bits per heavy atom. The maximum absolute atomic E-state index is 14.4. The number of esters is 1. The number of allylic oxidation sites excluding steroid dienone is 1. The number of carbonyl (C=O) groups excluding carboxylic acids is 4. The molecule has 0 saturated heterocycles. The Hall–Kier alpha value is -3.56. The highest BCUT2D eigenvalue weighted by Crippen LogP contribution is 2.76. The molecule has 0 aliphatic heterocycles. The van der Waals surface area contributed by atoms with Crippen molar-refractivity contribution in [1.29, 1.82) is 0 Å². The third kappa shape index (κ3) is 5.74. The molecule has 0 heterocycles. The Morgan fingerprint density at radius 3 is 2.05 bits per heavy atom. The van der Waals surface area contributed by atoms with Crippen molar-refractivity contribution in [3.8, 4) is 0 Å². The highest BCUT2D eigenvalue weighted by molar-refractivity contribution is 6.04. The van der Waals surface area contributed by atoms with Crippen LogP contribution in [0.1, 0.15) is 150 Å². The first kappa shape index (κ1) is 41.2. The van der Waals surface area contributed by atoms with Crippen LogP contribution in [0.25, 0.3) is 0 Å². The van der Waals surface area contributed by atoms with Gasteiger partial charge in [0, 0.05) is 17.4 Å². The monoisotopic (exact) mass is 800 g/mol. The minimum Gasteiger partial charge on any atom is -0.481 e. The van der Waals surface area contributed by atoms with Crippen LogP contribution in [0.4, 0.5) is 4.39 Å². The van der Waals surface area contributed by atoms with Crippen LogP contribution in [0.2, 0.25) is 0 Å². The van der Waals surface area contributed by atoms with E-state index < -0.39 is 46.0 Å². The van der Waals surface area contributed by atoms with E-state index in [1.165, 1.54) is 24.3 Å². The number of rotatable bonds is 8. The molecule has 0 bridgehead atoms. The number of Topliss-reactive ketones (excluding diaryl/α,β-unsaturated/α-hetero) is 1. The maximum Gasteiger partial charge on any atom is 0.309 e. The van der Waals surface area contributed by atoms with Crippen molar-refractivity contribution in [2.75, 3.05) is 0 Å². The molecule has 10 atom stereocenters. The van der Waals surface area contributed by atoms with E-state index >= 15 is 0 Å². The molecule has 1 aromatic carbocycles. The molecule has 1 unspecified atom stereocenters. The summed E-state index contributed by atoms with van der Waals surface area (Å²) in [5.74, 6) is -2.11. The Bertz CT molecular complexity index is 1980. The molecule has 2 amide bonds. The first-order valence-corrected chi connectivity index (χ1v) is 22.1. The normalized spacial score (nSPS) is 40.2. The van der Waals surface area contributed by atoms with Gasteiger partial charge in [-0.2, -0.15) is 0 Å². The smallest absolute Gasteiger partial charge is 0.309 e. The molecule has 8 rings (SSSR count). The summed E-state index contributed by atoms with van der Waals surface area (Å²) in [6, 6.07) is 5.33. The molecule has 6 fully saturated rings. The lowest BCUT2D eigenvalue weighted by molar-refractivity contribution is -0.235. The van der Waals surface area contributed by atoms with E-state index in [9.17, 15) is 33.5 Å². The molecule has 1 aromatic rings. The summed E-state index contributed by atoms with van der Waals surface area (Å²) >= 11 is 0.